The number of benzene rings is 3. The van der Waals surface area contributed by atoms with E-state index in [1.54, 1.807) is 24.3 Å². The molecule has 0 aromatic heterocycles. The Morgan fingerprint density at radius 2 is 1.63 bits per heavy atom. The Balaban J connectivity index is 1.83. The number of aromatic carboxylic acids is 1. The van der Waals surface area contributed by atoms with Gasteiger partial charge in [0.05, 0.1) is 11.3 Å². The highest BCUT2D eigenvalue weighted by molar-refractivity contribution is 9.11. The molecule has 0 atom stereocenters. The molecule has 3 N–H and O–H groups in total. The largest absolute Gasteiger partial charge is 0.478 e. The second kappa shape index (κ2) is 8.16. The molecule has 0 spiro atoms. The van der Waals surface area contributed by atoms with Gasteiger partial charge in [-0.2, -0.15) is 0 Å². The quantitative estimate of drug-likeness (QED) is 0.425. The van der Waals surface area contributed by atoms with Crippen LogP contribution in [-0.2, 0) is 0 Å². The molecule has 0 aliphatic heterocycles. The fourth-order valence-electron chi connectivity index (χ4n) is 2.60. The third-order valence-electron chi connectivity index (χ3n) is 3.80. The maximum atomic E-state index is 12.7. The van der Waals surface area contributed by atoms with E-state index in [1.165, 1.54) is 6.07 Å². The number of carboxylic acids is 1. The lowest BCUT2D eigenvalue weighted by molar-refractivity contribution is 0.0697. The van der Waals surface area contributed by atoms with Crippen molar-refractivity contribution in [1.29, 1.82) is 0 Å². The maximum Gasteiger partial charge on any atom is 0.337 e. The lowest BCUT2D eigenvalue weighted by Crippen LogP contribution is -2.34. The number of nitrogens with one attached hydrogen (secondary N) is 2. The SMILES string of the molecule is O=C(O)c1cc(Br)ccc1NC(=S)NC(=O)c1cccc2c(Br)cccc12. The smallest absolute Gasteiger partial charge is 0.337 e. The maximum absolute atomic E-state index is 12.7. The van der Waals surface area contributed by atoms with E-state index in [1.807, 2.05) is 24.3 Å². The zero-order valence-electron chi connectivity index (χ0n) is 13.6. The Morgan fingerprint density at radius 3 is 2.37 bits per heavy atom. The summed E-state index contributed by atoms with van der Waals surface area (Å²) in [4.78, 5) is 24.0. The van der Waals surface area contributed by atoms with Crippen molar-refractivity contribution in [3.8, 4) is 0 Å². The van der Waals surface area contributed by atoms with Gasteiger partial charge in [-0.15, -0.1) is 0 Å². The molecule has 0 radical (unpaired) electrons. The molecule has 136 valence electrons. The third kappa shape index (κ3) is 4.35. The summed E-state index contributed by atoms with van der Waals surface area (Å²) in [5.74, 6) is -1.49. The number of hydrogen-bond donors (Lipinski definition) is 3. The molecule has 3 rings (SSSR count). The summed E-state index contributed by atoms with van der Waals surface area (Å²) < 4.78 is 1.51. The van der Waals surface area contributed by atoms with E-state index < -0.39 is 5.97 Å². The molecule has 5 nitrogen and oxygen atoms in total. The lowest BCUT2D eigenvalue weighted by Gasteiger charge is -2.13. The zero-order valence-corrected chi connectivity index (χ0v) is 17.6. The van der Waals surface area contributed by atoms with Crippen molar-refractivity contribution in [2.75, 3.05) is 5.32 Å². The molecule has 0 aliphatic carbocycles. The number of halogens is 2. The molecule has 0 heterocycles. The van der Waals surface area contributed by atoms with Gasteiger partial charge in [0, 0.05) is 14.5 Å². The minimum absolute atomic E-state index is 0.0109. The standard InChI is InChI=1S/C19H12Br2N2O3S/c20-10-7-8-16(14(9-10)18(25)26)22-19(27)23-17(24)13-5-1-4-12-11(13)3-2-6-15(12)21/h1-9H,(H,25,26)(H2,22,23,24,27). The molecule has 0 fully saturated rings. The van der Waals surface area contributed by atoms with Crippen LogP contribution in [0.2, 0.25) is 0 Å². The van der Waals surface area contributed by atoms with Gasteiger partial charge in [0.25, 0.3) is 5.91 Å². The summed E-state index contributed by atoms with van der Waals surface area (Å²) in [6.07, 6.45) is 0. The van der Waals surface area contributed by atoms with E-state index in [9.17, 15) is 14.7 Å². The van der Waals surface area contributed by atoms with Crippen LogP contribution in [0.15, 0.2) is 63.5 Å². The number of fused-ring (bicyclic) bond motifs is 1. The Hall–Kier alpha value is -2.29. The first-order valence-electron chi connectivity index (χ1n) is 7.69. The van der Waals surface area contributed by atoms with Crippen molar-refractivity contribution in [2.24, 2.45) is 0 Å². The average Bonchev–Trinajstić information content (AvgIpc) is 2.63. The highest BCUT2D eigenvalue weighted by Gasteiger charge is 2.15. The van der Waals surface area contributed by atoms with E-state index in [4.69, 9.17) is 12.2 Å². The first-order chi connectivity index (χ1) is 12.9. The first kappa shape index (κ1) is 19.5. The highest BCUT2D eigenvalue weighted by atomic mass is 79.9. The van der Waals surface area contributed by atoms with Gasteiger partial charge in [0.2, 0.25) is 0 Å². The number of thiocarbonyl (C=S) groups is 1. The number of rotatable bonds is 3. The second-order valence-corrected chi connectivity index (χ2v) is 7.72. The summed E-state index contributed by atoms with van der Waals surface area (Å²) in [5.41, 5.74) is 0.791. The average molecular weight is 508 g/mol. The zero-order chi connectivity index (χ0) is 19.6. The number of amides is 1. The normalized spacial score (nSPS) is 10.4. The molecular formula is C19H12Br2N2O3S. The summed E-state index contributed by atoms with van der Waals surface area (Å²) in [7, 11) is 0. The van der Waals surface area contributed by atoms with Crippen molar-refractivity contribution in [3.63, 3.8) is 0 Å². The van der Waals surface area contributed by atoms with Crippen LogP contribution < -0.4 is 10.6 Å². The number of anilines is 1. The molecule has 0 saturated heterocycles. The lowest BCUT2D eigenvalue weighted by atomic mass is 10.0. The molecule has 0 bridgehead atoms. The van der Waals surface area contributed by atoms with Crippen LogP contribution >= 0.6 is 44.1 Å². The van der Waals surface area contributed by atoms with Gasteiger partial charge in [-0.3, -0.25) is 10.1 Å². The minimum atomic E-state index is -1.10. The molecule has 27 heavy (non-hydrogen) atoms. The van der Waals surface area contributed by atoms with Gasteiger partial charge in [0.1, 0.15) is 0 Å². The van der Waals surface area contributed by atoms with Crippen molar-refractivity contribution >= 4 is 77.5 Å². The Labute approximate surface area is 177 Å². The van der Waals surface area contributed by atoms with Crippen molar-refractivity contribution in [3.05, 3.63) is 74.7 Å². The van der Waals surface area contributed by atoms with Crippen LogP contribution in [0.3, 0.4) is 0 Å². The molecule has 1 amide bonds. The van der Waals surface area contributed by atoms with E-state index in [0.29, 0.717) is 10.0 Å². The highest BCUT2D eigenvalue weighted by Crippen LogP contribution is 2.26. The van der Waals surface area contributed by atoms with Crippen LogP contribution in [0, 0.1) is 0 Å². The third-order valence-corrected chi connectivity index (χ3v) is 5.19. The van der Waals surface area contributed by atoms with Crippen LogP contribution in [0.1, 0.15) is 20.7 Å². The van der Waals surface area contributed by atoms with Gasteiger partial charge in [0.15, 0.2) is 5.11 Å². The van der Waals surface area contributed by atoms with E-state index in [0.717, 1.165) is 15.2 Å². The fraction of sp³-hybridized carbons (Fsp3) is 0. The minimum Gasteiger partial charge on any atom is -0.478 e. The number of carbonyl (C=O) groups is 2. The summed E-state index contributed by atoms with van der Waals surface area (Å²) >= 11 is 11.9. The predicted molar refractivity (Wildman–Crippen MR) is 116 cm³/mol. The molecule has 0 saturated carbocycles. The van der Waals surface area contributed by atoms with E-state index in [2.05, 4.69) is 42.5 Å². The van der Waals surface area contributed by atoms with E-state index >= 15 is 0 Å². The van der Waals surface area contributed by atoms with Crippen LogP contribution in [0.25, 0.3) is 10.8 Å². The fourth-order valence-corrected chi connectivity index (χ4v) is 3.66. The summed E-state index contributed by atoms with van der Waals surface area (Å²) in [5, 5.41) is 16.4. The Kier molecular flexibility index (Phi) is 5.88. The van der Waals surface area contributed by atoms with Gasteiger partial charge in [-0.25, -0.2) is 4.79 Å². The molecule has 3 aromatic carbocycles. The number of carbonyl (C=O) groups excluding carboxylic acids is 1. The Morgan fingerprint density at radius 1 is 0.926 bits per heavy atom. The first-order valence-corrected chi connectivity index (χ1v) is 9.68. The molecule has 8 heteroatoms. The summed E-state index contributed by atoms with van der Waals surface area (Å²) in [6.45, 7) is 0. The van der Waals surface area contributed by atoms with Crippen LogP contribution in [0.5, 0.6) is 0 Å². The van der Waals surface area contributed by atoms with Gasteiger partial charge < -0.3 is 10.4 Å². The van der Waals surface area contributed by atoms with Gasteiger partial charge >= 0.3 is 5.97 Å². The monoisotopic (exact) mass is 506 g/mol. The topological polar surface area (TPSA) is 78.4 Å². The van der Waals surface area contributed by atoms with E-state index in [-0.39, 0.29) is 22.3 Å². The van der Waals surface area contributed by atoms with Crippen molar-refractivity contribution in [2.45, 2.75) is 0 Å². The van der Waals surface area contributed by atoms with Gasteiger partial charge in [-0.1, -0.05) is 56.1 Å². The number of carboxylic acid groups (broad SMARTS) is 1. The number of hydrogen-bond acceptors (Lipinski definition) is 3. The predicted octanol–water partition coefficient (Wildman–Crippen LogP) is 5.19. The Bertz CT molecular complexity index is 1090. The molecular weight excluding hydrogens is 496 g/mol. The van der Waals surface area contributed by atoms with Crippen LogP contribution in [-0.4, -0.2) is 22.1 Å². The van der Waals surface area contributed by atoms with Crippen molar-refractivity contribution in [1.82, 2.24) is 5.32 Å². The summed E-state index contributed by atoms with van der Waals surface area (Å²) in [6, 6.07) is 15.7. The van der Waals surface area contributed by atoms with Crippen LogP contribution in [0.4, 0.5) is 5.69 Å². The van der Waals surface area contributed by atoms with Crippen molar-refractivity contribution < 1.29 is 14.7 Å². The molecule has 3 aromatic rings. The second-order valence-electron chi connectivity index (χ2n) is 5.54. The van der Waals surface area contributed by atoms with Gasteiger partial charge in [-0.05, 0) is 53.3 Å². The molecule has 0 unspecified atom stereocenters. The molecule has 0 aliphatic rings.